The molecular weight excluding hydrogens is 402 g/mol. The summed E-state index contributed by atoms with van der Waals surface area (Å²) in [6.07, 6.45) is 3.25. The van der Waals surface area contributed by atoms with E-state index in [1.807, 2.05) is 0 Å². The van der Waals surface area contributed by atoms with Gasteiger partial charge >= 0.3 is 0 Å². The van der Waals surface area contributed by atoms with Crippen LogP contribution in [0.2, 0.25) is 0 Å². The van der Waals surface area contributed by atoms with Gasteiger partial charge in [0.05, 0.1) is 12.7 Å². The topological polar surface area (TPSA) is 72.0 Å². The lowest BCUT2D eigenvalue weighted by Crippen LogP contribution is -2.41. The zero-order chi connectivity index (χ0) is 22.4. The number of hydrogen-bond acceptors (Lipinski definition) is 7. The molecular formula is C25H45N5O2. The molecule has 3 rings (SSSR count). The average Bonchev–Trinajstić information content (AvgIpc) is 2.98. The third-order valence-corrected chi connectivity index (χ3v) is 6.73. The maximum absolute atomic E-state index is 10.2. The predicted molar refractivity (Wildman–Crippen MR) is 131 cm³/mol. The van der Waals surface area contributed by atoms with Crippen LogP contribution in [0.25, 0.3) is 0 Å². The van der Waals surface area contributed by atoms with Crippen molar-refractivity contribution in [3.05, 3.63) is 35.4 Å². The Morgan fingerprint density at radius 3 is 2.22 bits per heavy atom. The molecule has 32 heavy (non-hydrogen) atoms. The fourth-order valence-corrected chi connectivity index (χ4v) is 4.84. The second kappa shape index (κ2) is 15.0. The molecule has 1 atom stereocenters. The van der Waals surface area contributed by atoms with Gasteiger partial charge in [0, 0.05) is 72.6 Å². The number of methoxy groups -OCH3 is 1. The fraction of sp³-hybridized carbons (Fsp3) is 0.760. The molecule has 182 valence electrons. The minimum atomic E-state index is -0.424. The van der Waals surface area contributed by atoms with Crippen LogP contribution < -0.4 is 16.0 Å². The van der Waals surface area contributed by atoms with Gasteiger partial charge in [-0.25, -0.2) is 0 Å². The summed E-state index contributed by atoms with van der Waals surface area (Å²) in [5.74, 6) is 0.726. The fourth-order valence-electron chi connectivity index (χ4n) is 4.84. The number of aliphatic hydroxyl groups is 1. The van der Waals surface area contributed by atoms with E-state index >= 15 is 0 Å². The van der Waals surface area contributed by atoms with Gasteiger partial charge in [0.15, 0.2) is 0 Å². The molecule has 0 spiro atoms. The molecule has 2 fully saturated rings. The molecule has 1 unspecified atom stereocenters. The van der Waals surface area contributed by atoms with Gasteiger partial charge in [-0.2, -0.15) is 0 Å². The molecule has 1 aromatic rings. The molecule has 0 aliphatic carbocycles. The van der Waals surface area contributed by atoms with Crippen LogP contribution in [0.4, 0.5) is 0 Å². The first-order valence-corrected chi connectivity index (χ1v) is 12.5. The molecule has 0 aromatic heterocycles. The molecule has 0 bridgehead atoms. The Kier molecular flexibility index (Phi) is 12.0. The Morgan fingerprint density at radius 1 is 0.875 bits per heavy atom. The highest BCUT2D eigenvalue weighted by Crippen LogP contribution is 2.20. The lowest BCUT2D eigenvalue weighted by molar-refractivity contribution is 0.0364. The second-order valence-electron chi connectivity index (χ2n) is 9.35. The van der Waals surface area contributed by atoms with Crippen LogP contribution >= 0.6 is 0 Å². The van der Waals surface area contributed by atoms with Gasteiger partial charge in [0.25, 0.3) is 0 Å². The molecule has 2 saturated heterocycles. The Balaban J connectivity index is 1.58. The monoisotopic (exact) mass is 447 g/mol. The molecule has 0 saturated carbocycles. The zero-order valence-corrected chi connectivity index (χ0v) is 20.0. The summed E-state index contributed by atoms with van der Waals surface area (Å²) in [6, 6.07) is 9.04. The number of β-amino-alcohol motifs (C(OH)–C–C–N with tert-alkyl or cyclic N) is 1. The molecule has 0 radical (unpaired) electrons. The van der Waals surface area contributed by atoms with E-state index in [0.717, 1.165) is 77.9 Å². The highest BCUT2D eigenvalue weighted by Gasteiger charge is 2.18. The van der Waals surface area contributed by atoms with E-state index in [-0.39, 0.29) is 0 Å². The molecule has 7 nitrogen and oxygen atoms in total. The van der Waals surface area contributed by atoms with Gasteiger partial charge in [-0.05, 0) is 49.4 Å². The van der Waals surface area contributed by atoms with Crippen molar-refractivity contribution >= 4 is 0 Å². The number of aliphatic hydroxyl groups excluding tert-OH is 1. The van der Waals surface area contributed by atoms with Crippen molar-refractivity contribution in [3.8, 4) is 0 Å². The number of nitrogens with zero attached hydrogens (tertiary/aromatic N) is 2. The number of nitrogens with one attached hydrogen (secondary N) is 3. The van der Waals surface area contributed by atoms with Crippen LogP contribution in [-0.2, 0) is 17.7 Å². The summed E-state index contributed by atoms with van der Waals surface area (Å²) in [7, 11) is 1.65. The number of hydrogen-bond donors (Lipinski definition) is 4. The minimum Gasteiger partial charge on any atom is -0.389 e. The SMILES string of the molecule is COCC(O)CN1CCNCCN(Cc2ccccc2CC2CCNCCNCC2)CC1. The first kappa shape index (κ1) is 25.6. The molecule has 0 amide bonds. The first-order chi connectivity index (χ1) is 15.7. The van der Waals surface area contributed by atoms with Crippen molar-refractivity contribution in [3.63, 3.8) is 0 Å². The maximum Gasteiger partial charge on any atom is 0.0900 e. The largest absolute Gasteiger partial charge is 0.389 e. The van der Waals surface area contributed by atoms with Crippen LogP contribution in [0.1, 0.15) is 24.0 Å². The van der Waals surface area contributed by atoms with Crippen molar-refractivity contribution < 1.29 is 9.84 Å². The van der Waals surface area contributed by atoms with Crippen LogP contribution in [0.5, 0.6) is 0 Å². The summed E-state index contributed by atoms with van der Waals surface area (Å²) < 4.78 is 5.11. The summed E-state index contributed by atoms with van der Waals surface area (Å²) >= 11 is 0. The van der Waals surface area contributed by atoms with Gasteiger partial charge < -0.3 is 25.8 Å². The van der Waals surface area contributed by atoms with E-state index in [4.69, 9.17) is 4.74 Å². The van der Waals surface area contributed by atoms with Crippen LogP contribution in [-0.4, -0.2) is 107 Å². The van der Waals surface area contributed by atoms with Crippen LogP contribution in [0.15, 0.2) is 24.3 Å². The quantitative estimate of drug-likeness (QED) is 0.463. The number of rotatable bonds is 8. The van der Waals surface area contributed by atoms with Gasteiger partial charge in [-0.15, -0.1) is 0 Å². The number of benzene rings is 1. The van der Waals surface area contributed by atoms with Crippen molar-refractivity contribution in [2.24, 2.45) is 5.92 Å². The third kappa shape index (κ3) is 9.43. The summed E-state index contributed by atoms with van der Waals surface area (Å²) in [5.41, 5.74) is 2.98. The van der Waals surface area contributed by atoms with E-state index in [2.05, 4.69) is 50.0 Å². The van der Waals surface area contributed by atoms with Crippen LogP contribution in [0.3, 0.4) is 0 Å². The molecule has 2 aliphatic rings. The Bertz CT molecular complexity index is 622. The van der Waals surface area contributed by atoms with Crippen LogP contribution in [0, 0.1) is 5.92 Å². The Hall–Kier alpha value is -1.06. The Morgan fingerprint density at radius 2 is 1.50 bits per heavy atom. The third-order valence-electron chi connectivity index (χ3n) is 6.73. The minimum absolute atomic E-state index is 0.396. The average molecular weight is 448 g/mol. The lowest BCUT2D eigenvalue weighted by atomic mass is 9.90. The standard InChI is InChI=1S/C25H45N5O2/c1-32-21-25(31)20-30-15-13-28-12-14-29(16-17-30)19-24-5-3-2-4-23(24)18-22-6-8-26-10-11-27-9-7-22/h2-5,22,25-28,31H,6-21H2,1H3. The van der Waals surface area contributed by atoms with E-state index in [1.165, 1.54) is 30.4 Å². The summed E-state index contributed by atoms with van der Waals surface area (Å²) in [4.78, 5) is 4.93. The second-order valence-corrected chi connectivity index (χ2v) is 9.35. The van der Waals surface area contributed by atoms with Gasteiger partial charge in [-0.1, -0.05) is 24.3 Å². The highest BCUT2D eigenvalue weighted by molar-refractivity contribution is 5.27. The Labute approximate surface area is 194 Å². The first-order valence-electron chi connectivity index (χ1n) is 12.5. The highest BCUT2D eigenvalue weighted by atomic mass is 16.5. The zero-order valence-electron chi connectivity index (χ0n) is 20.0. The van der Waals surface area contributed by atoms with E-state index in [0.29, 0.717) is 13.2 Å². The summed E-state index contributed by atoms with van der Waals surface area (Å²) in [5, 5.41) is 20.9. The molecule has 7 heteroatoms. The lowest BCUT2D eigenvalue weighted by Gasteiger charge is -2.28. The van der Waals surface area contributed by atoms with Crippen molar-refractivity contribution in [1.29, 1.82) is 0 Å². The number of ether oxygens (including phenoxy) is 1. The molecule has 2 aliphatic heterocycles. The van der Waals surface area contributed by atoms with Crippen molar-refractivity contribution in [1.82, 2.24) is 25.8 Å². The van der Waals surface area contributed by atoms with Crippen molar-refractivity contribution in [2.45, 2.75) is 31.9 Å². The predicted octanol–water partition coefficient (Wildman–Crippen LogP) is 0.533. The van der Waals surface area contributed by atoms with Crippen molar-refractivity contribution in [2.75, 3.05) is 85.7 Å². The molecule has 2 heterocycles. The van der Waals surface area contributed by atoms with Gasteiger partial charge in [0.1, 0.15) is 0 Å². The van der Waals surface area contributed by atoms with E-state index in [1.54, 1.807) is 7.11 Å². The normalized spacial score (nSPS) is 22.2. The smallest absolute Gasteiger partial charge is 0.0900 e. The summed E-state index contributed by atoms with van der Waals surface area (Å²) in [6.45, 7) is 12.5. The molecule has 1 aromatic carbocycles. The van der Waals surface area contributed by atoms with Gasteiger partial charge in [0.2, 0.25) is 0 Å². The van der Waals surface area contributed by atoms with Gasteiger partial charge in [-0.3, -0.25) is 9.80 Å². The van der Waals surface area contributed by atoms with E-state index < -0.39 is 6.10 Å². The molecule has 4 N–H and O–H groups in total. The van der Waals surface area contributed by atoms with E-state index in [9.17, 15) is 5.11 Å². The maximum atomic E-state index is 10.2.